The molecule has 1 unspecified atom stereocenters. The van der Waals surface area contributed by atoms with Crippen molar-refractivity contribution in [3.05, 3.63) is 18.2 Å². The number of anilines is 1. The Labute approximate surface area is 158 Å². The first kappa shape index (κ1) is 19.6. The average Bonchev–Trinajstić information content (AvgIpc) is 2.67. The van der Waals surface area contributed by atoms with Gasteiger partial charge in [-0.3, -0.25) is 9.59 Å². The third kappa shape index (κ3) is 4.07. The maximum atomic E-state index is 12.9. The Morgan fingerprint density at radius 2 is 2.00 bits per heavy atom. The molecule has 1 saturated heterocycles. The lowest BCUT2D eigenvalue weighted by atomic mass is 10.1. The fourth-order valence-electron chi connectivity index (χ4n) is 3.19. The minimum atomic E-state index is -3.74. The van der Waals surface area contributed by atoms with Crippen molar-refractivity contribution in [2.24, 2.45) is 5.73 Å². The van der Waals surface area contributed by atoms with Gasteiger partial charge >= 0.3 is 0 Å². The number of rotatable bonds is 5. The predicted molar refractivity (Wildman–Crippen MR) is 98.8 cm³/mol. The number of piperazine rings is 1. The van der Waals surface area contributed by atoms with Crippen LogP contribution in [0, 0.1) is 0 Å². The molecule has 0 aliphatic carbocycles. The predicted octanol–water partition coefficient (Wildman–Crippen LogP) is -0.0222. The Morgan fingerprint density at radius 3 is 2.67 bits per heavy atom. The Bertz CT molecular complexity index is 834. The van der Waals surface area contributed by atoms with Crippen LogP contribution in [0.3, 0.4) is 0 Å². The summed E-state index contributed by atoms with van der Waals surface area (Å²) in [5.74, 6) is -0.0241. The van der Waals surface area contributed by atoms with Gasteiger partial charge in [-0.25, -0.2) is 8.42 Å². The van der Waals surface area contributed by atoms with Crippen molar-refractivity contribution in [2.75, 3.05) is 38.1 Å². The van der Waals surface area contributed by atoms with Crippen LogP contribution in [-0.4, -0.2) is 68.3 Å². The second kappa shape index (κ2) is 7.83. The molecular weight excluding hydrogens is 372 g/mol. The quantitative estimate of drug-likeness (QED) is 0.721. The summed E-state index contributed by atoms with van der Waals surface area (Å²) < 4.78 is 32.4. The van der Waals surface area contributed by atoms with Gasteiger partial charge < -0.3 is 20.7 Å². The molecule has 0 saturated carbocycles. The maximum absolute atomic E-state index is 12.9. The van der Waals surface area contributed by atoms with Gasteiger partial charge in [-0.2, -0.15) is 4.31 Å². The third-order valence-corrected chi connectivity index (χ3v) is 6.58. The van der Waals surface area contributed by atoms with Gasteiger partial charge in [0, 0.05) is 26.2 Å². The standard InChI is InChI=1S/C17H24N4O5S/c1-2-3-13(18)17(23)20-6-8-21(9-7-20)27(24,25)12-4-5-15-14(10-12)19-16(22)11-26-15/h4-5,10,13H,2-3,6-9,11,18H2,1H3,(H,19,22). The molecule has 0 aromatic heterocycles. The first-order chi connectivity index (χ1) is 12.8. The highest BCUT2D eigenvalue weighted by atomic mass is 32.2. The normalized spacial score (nSPS) is 19.0. The van der Waals surface area contributed by atoms with E-state index in [0.29, 0.717) is 30.9 Å². The number of fused-ring (bicyclic) bond motifs is 1. The number of ether oxygens (including phenoxy) is 1. The summed E-state index contributed by atoms with van der Waals surface area (Å²) in [6.07, 6.45) is 1.43. The Balaban J connectivity index is 1.69. The molecule has 9 nitrogen and oxygen atoms in total. The summed E-state index contributed by atoms with van der Waals surface area (Å²) in [5.41, 5.74) is 6.22. The number of carbonyl (C=O) groups is 2. The highest BCUT2D eigenvalue weighted by molar-refractivity contribution is 7.89. The van der Waals surface area contributed by atoms with E-state index < -0.39 is 16.1 Å². The van der Waals surface area contributed by atoms with Gasteiger partial charge in [0.15, 0.2) is 6.61 Å². The highest BCUT2D eigenvalue weighted by Gasteiger charge is 2.32. The summed E-state index contributed by atoms with van der Waals surface area (Å²) in [6, 6.07) is 3.85. The summed E-state index contributed by atoms with van der Waals surface area (Å²) in [4.78, 5) is 25.4. The van der Waals surface area contributed by atoms with Gasteiger partial charge in [0.2, 0.25) is 15.9 Å². The van der Waals surface area contributed by atoms with Crippen molar-refractivity contribution in [3.63, 3.8) is 0 Å². The number of carbonyl (C=O) groups excluding carboxylic acids is 2. The highest BCUT2D eigenvalue weighted by Crippen LogP contribution is 2.31. The van der Waals surface area contributed by atoms with Crippen LogP contribution in [0.5, 0.6) is 5.75 Å². The van der Waals surface area contributed by atoms with Gasteiger partial charge in [0.05, 0.1) is 16.6 Å². The second-order valence-corrected chi connectivity index (χ2v) is 8.56. The van der Waals surface area contributed by atoms with E-state index in [4.69, 9.17) is 10.5 Å². The molecule has 0 spiro atoms. The molecule has 1 atom stereocenters. The molecule has 3 rings (SSSR count). The van der Waals surface area contributed by atoms with Crippen LogP contribution in [0.4, 0.5) is 5.69 Å². The first-order valence-electron chi connectivity index (χ1n) is 8.94. The monoisotopic (exact) mass is 396 g/mol. The number of amides is 2. The minimum Gasteiger partial charge on any atom is -0.482 e. The van der Waals surface area contributed by atoms with Crippen LogP contribution < -0.4 is 15.8 Å². The third-order valence-electron chi connectivity index (χ3n) is 4.69. The fraction of sp³-hybridized carbons (Fsp3) is 0.529. The number of nitrogens with one attached hydrogen (secondary N) is 1. The number of hydrogen-bond acceptors (Lipinski definition) is 6. The van der Waals surface area contributed by atoms with E-state index >= 15 is 0 Å². The van der Waals surface area contributed by atoms with E-state index in [-0.39, 0.29) is 36.4 Å². The van der Waals surface area contributed by atoms with Crippen LogP contribution in [0.15, 0.2) is 23.1 Å². The molecule has 0 radical (unpaired) electrons. The van der Waals surface area contributed by atoms with Crippen LogP contribution >= 0.6 is 0 Å². The SMILES string of the molecule is CCCC(N)C(=O)N1CCN(S(=O)(=O)c2ccc3c(c2)NC(=O)CO3)CC1. The largest absolute Gasteiger partial charge is 0.482 e. The molecule has 0 bridgehead atoms. The maximum Gasteiger partial charge on any atom is 0.262 e. The molecule has 2 heterocycles. The van der Waals surface area contributed by atoms with E-state index in [1.165, 1.54) is 22.5 Å². The zero-order chi connectivity index (χ0) is 19.6. The molecular formula is C17H24N4O5S. The molecule has 2 amide bonds. The van der Waals surface area contributed by atoms with Crippen molar-refractivity contribution >= 4 is 27.5 Å². The van der Waals surface area contributed by atoms with Gasteiger partial charge in [-0.15, -0.1) is 0 Å². The van der Waals surface area contributed by atoms with Gasteiger partial charge in [0.25, 0.3) is 5.91 Å². The minimum absolute atomic E-state index is 0.0783. The smallest absolute Gasteiger partial charge is 0.262 e. The average molecular weight is 396 g/mol. The zero-order valence-electron chi connectivity index (χ0n) is 15.2. The topological polar surface area (TPSA) is 122 Å². The second-order valence-electron chi connectivity index (χ2n) is 6.62. The van der Waals surface area contributed by atoms with E-state index in [0.717, 1.165) is 6.42 Å². The Morgan fingerprint density at radius 1 is 1.30 bits per heavy atom. The number of nitrogens with zero attached hydrogens (tertiary/aromatic N) is 2. The van der Waals surface area contributed by atoms with Crippen LogP contribution in [0.1, 0.15) is 19.8 Å². The summed E-state index contributed by atoms with van der Waals surface area (Å²) in [7, 11) is -3.74. The van der Waals surface area contributed by atoms with Gasteiger partial charge in [0.1, 0.15) is 5.75 Å². The molecule has 2 aliphatic rings. The molecule has 1 aromatic carbocycles. The van der Waals surface area contributed by atoms with Crippen LogP contribution in [0.2, 0.25) is 0 Å². The van der Waals surface area contributed by atoms with E-state index in [2.05, 4.69) is 5.32 Å². The van der Waals surface area contributed by atoms with Crippen LogP contribution in [0.25, 0.3) is 0 Å². The summed E-state index contributed by atoms with van der Waals surface area (Å²) >= 11 is 0. The van der Waals surface area contributed by atoms with Crippen molar-refractivity contribution in [1.82, 2.24) is 9.21 Å². The number of hydrogen-bond donors (Lipinski definition) is 2. The van der Waals surface area contributed by atoms with Crippen molar-refractivity contribution in [1.29, 1.82) is 0 Å². The number of benzene rings is 1. The number of nitrogens with two attached hydrogens (primary N) is 1. The lowest BCUT2D eigenvalue weighted by Crippen LogP contribution is -2.54. The zero-order valence-corrected chi connectivity index (χ0v) is 16.0. The molecule has 148 valence electrons. The van der Waals surface area contributed by atoms with E-state index in [9.17, 15) is 18.0 Å². The lowest BCUT2D eigenvalue weighted by molar-refractivity contribution is -0.134. The van der Waals surface area contributed by atoms with E-state index in [1.54, 1.807) is 4.90 Å². The van der Waals surface area contributed by atoms with Crippen molar-refractivity contribution < 1.29 is 22.7 Å². The van der Waals surface area contributed by atoms with Crippen LogP contribution in [-0.2, 0) is 19.6 Å². The number of sulfonamides is 1. The molecule has 1 aromatic rings. The van der Waals surface area contributed by atoms with Crippen molar-refractivity contribution in [2.45, 2.75) is 30.7 Å². The molecule has 3 N–H and O–H groups in total. The Kier molecular flexibility index (Phi) is 5.68. The van der Waals surface area contributed by atoms with E-state index in [1.807, 2.05) is 6.92 Å². The van der Waals surface area contributed by atoms with Crippen molar-refractivity contribution in [3.8, 4) is 5.75 Å². The summed E-state index contributed by atoms with van der Waals surface area (Å²) in [5, 5.41) is 2.61. The van der Waals surface area contributed by atoms with Gasteiger partial charge in [-0.05, 0) is 24.6 Å². The molecule has 1 fully saturated rings. The molecule has 2 aliphatic heterocycles. The fourth-order valence-corrected chi connectivity index (χ4v) is 4.64. The molecule has 27 heavy (non-hydrogen) atoms. The molecule has 10 heteroatoms. The lowest BCUT2D eigenvalue weighted by Gasteiger charge is -2.35. The van der Waals surface area contributed by atoms with Gasteiger partial charge in [-0.1, -0.05) is 13.3 Å². The summed E-state index contributed by atoms with van der Waals surface area (Å²) in [6.45, 7) is 2.89. The Hall–Kier alpha value is -2.17. The first-order valence-corrected chi connectivity index (χ1v) is 10.4.